The molecule has 0 rings (SSSR count). The molecule has 88 valence electrons. The van der Waals surface area contributed by atoms with Crippen LogP contribution in [0.5, 0.6) is 0 Å². The van der Waals surface area contributed by atoms with Crippen LogP contribution in [0.25, 0.3) is 0 Å². The van der Waals surface area contributed by atoms with Gasteiger partial charge in [-0.05, 0) is 13.8 Å². The lowest BCUT2D eigenvalue weighted by Crippen LogP contribution is -2.21. The van der Waals surface area contributed by atoms with Gasteiger partial charge in [-0.15, -0.1) is 0 Å². The first-order valence-corrected chi connectivity index (χ1v) is 5.93. The molecule has 0 aromatic rings. The minimum atomic E-state index is -0.572. The molecule has 1 N–H and O–H groups in total. The number of aliphatic hydroxyl groups is 1. The maximum absolute atomic E-state index is 11.0. The standard InChI is InChI=1S/C10H18O3S2/c1-7(11)9(6-14)5-13-4-3-10(15)8(2)12/h8-9,12,14H,3-6H2,1-2H3. The molecule has 0 aromatic heterocycles. The van der Waals surface area contributed by atoms with Crippen molar-refractivity contribution in [1.82, 2.24) is 0 Å². The fraction of sp³-hybridized carbons (Fsp3) is 0.800. The summed E-state index contributed by atoms with van der Waals surface area (Å²) >= 11 is 8.99. The second kappa shape index (κ2) is 8.21. The lowest BCUT2D eigenvalue weighted by atomic mass is 10.1. The van der Waals surface area contributed by atoms with Crippen LogP contribution in [0.1, 0.15) is 20.3 Å². The average molecular weight is 250 g/mol. The molecule has 0 spiro atoms. The third kappa shape index (κ3) is 7.00. The molecule has 15 heavy (non-hydrogen) atoms. The molecule has 0 radical (unpaired) electrons. The highest BCUT2D eigenvalue weighted by Crippen LogP contribution is 2.03. The minimum absolute atomic E-state index is 0.0862. The van der Waals surface area contributed by atoms with Gasteiger partial charge in [0.25, 0.3) is 0 Å². The van der Waals surface area contributed by atoms with Crippen LogP contribution in [-0.4, -0.2) is 40.8 Å². The zero-order valence-electron chi connectivity index (χ0n) is 9.10. The summed E-state index contributed by atoms with van der Waals surface area (Å²) in [6.07, 6.45) is -0.0263. The smallest absolute Gasteiger partial charge is 0.136 e. The van der Waals surface area contributed by atoms with E-state index in [1.807, 2.05) is 0 Å². The molecule has 2 unspecified atom stereocenters. The van der Waals surface area contributed by atoms with Gasteiger partial charge in [-0.25, -0.2) is 0 Å². The van der Waals surface area contributed by atoms with E-state index < -0.39 is 6.10 Å². The summed E-state index contributed by atoms with van der Waals surface area (Å²) in [7, 11) is 0. The number of thiocarbonyl (C=S) groups is 1. The summed E-state index contributed by atoms with van der Waals surface area (Å²) < 4.78 is 5.30. The van der Waals surface area contributed by atoms with Crippen LogP contribution >= 0.6 is 24.8 Å². The summed E-state index contributed by atoms with van der Waals surface area (Å²) in [5.74, 6) is 0.437. The Bertz CT molecular complexity index is 217. The van der Waals surface area contributed by atoms with Gasteiger partial charge in [0.1, 0.15) is 5.78 Å². The summed E-state index contributed by atoms with van der Waals surface area (Å²) in [6.45, 7) is 3.99. The molecule has 0 amide bonds. The first kappa shape index (κ1) is 15.0. The third-order valence-corrected chi connectivity index (χ3v) is 3.06. The highest BCUT2D eigenvalue weighted by atomic mass is 32.1. The molecule has 0 bridgehead atoms. The van der Waals surface area contributed by atoms with Gasteiger partial charge in [-0.1, -0.05) is 12.2 Å². The second-order valence-electron chi connectivity index (χ2n) is 3.46. The number of carbonyl (C=O) groups excluding carboxylic acids is 1. The molecule has 0 heterocycles. The Labute approximate surface area is 102 Å². The van der Waals surface area contributed by atoms with Gasteiger partial charge in [0.15, 0.2) is 0 Å². The van der Waals surface area contributed by atoms with Crippen LogP contribution < -0.4 is 0 Å². The lowest BCUT2D eigenvalue weighted by molar-refractivity contribution is -0.121. The average Bonchev–Trinajstić information content (AvgIpc) is 2.16. The van der Waals surface area contributed by atoms with Crippen LogP contribution in [0.2, 0.25) is 0 Å². The van der Waals surface area contributed by atoms with Crippen molar-refractivity contribution < 1.29 is 14.6 Å². The third-order valence-electron chi connectivity index (χ3n) is 2.07. The van der Waals surface area contributed by atoms with E-state index in [0.717, 1.165) is 0 Å². The summed E-state index contributed by atoms with van der Waals surface area (Å²) in [6, 6.07) is 0. The Morgan fingerprint density at radius 3 is 2.60 bits per heavy atom. The van der Waals surface area contributed by atoms with Crippen LogP contribution in [-0.2, 0) is 9.53 Å². The number of hydrogen-bond donors (Lipinski definition) is 2. The zero-order valence-corrected chi connectivity index (χ0v) is 10.8. The van der Waals surface area contributed by atoms with Crippen molar-refractivity contribution >= 4 is 35.5 Å². The SMILES string of the molecule is CC(=O)C(CS)COCCC(=S)C(C)O. The van der Waals surface area contributed by atoms with Crippen LogP contribution in [0, 0.1) is 5.92 Å². The van der Waals surface area contributed by atoms with Crippen molar-refractivity contribution in [3.05, 3.63) is 0 Å². The van der Waals surface area contributed by atoms with Gasteiger partial charge in [-0.3, -0.25) is 4.79 Å². The summed E-state index contributed by atoms with van der Waals surface area (Å²) in [5.41, 5.74) is 0. The van der Waals surface area contributed by atoms with Crippen molar-refractivity contribution in [3.8, 4) is 0 Å². The number of thiol groups is 1. The monoisotopic (exact) mass is 250 g/mol. The number of carbonyl (C=O) groups is 1. The number of hydrogen-bond acceptors (Lipinski definition) is 5. The highest BCUT2D eigenvalue weighted by Gasteiger charge is 2.12. The Hall–Kier alpha value is 0.0300. The van der Waals surface area contributed by atoms with E-state index in [1.165, 1.54) is 6.92 Å². The van der Waals surface area contributed by atoms with E-state index in [2.05, 4.69) is 12.6 Å². The van der Waals surface area contributed by atoms with E-state index in [0.29, 0.717) is 30.3 Å². The fourth-order valence-corrected chi connectivity index (χ4v) is 1.35. The fourth-order valence-electron chi connectivity index (χ4n) is 0.906. The summed E-state index contributed by atoms with van der Waals surface area (Å²) in [5, 5.41) is 9.10. The van der Waals surface area contributed by atoms with E-state index in [9.17, 15) is 4.79 Å². The van der Waals surface area contributed by atoms with Gasteiger partial charge >= 0.3 is 0 Å². The first-order chi connectivity index (χ1) is 6.99. The van der Waals surface area contributed by atoms with Gasteiger partial charge in [-0.2, -0.15) is 12.6 Å². The molecule has 2 atom stereocenters. The van der Waals surface area contributed by atoms with Crippen molar-refractivity contribution in [3.63, 3.8) is 0 Å². The van der Waals surface area contributed by atoms with Crippen LogP contribution in [0.3, 0.4) is 0 Å². The lowest BCUT2D eigenvalue weighted by Gasteiger charge is -2.12. The molecule has 0 aromatic carbocycles. The van der Waals surface area contributed by atoms with Crippen LogP contribution in [0.4, 0.5) is 0 Å². The molecule has 0 saturated heterocycles. The van der Waals surface area contributed by atoms with Gasteiger partial charge < -0.3 is 9.84 Å². The number of ketones is 1. The van der Waals surface area contributed by atoms with E-state index in [4.69, 9.17) is 22.1 Å². The summed E-state index contributed by atoms with van der Waals surface area (Å²) in [4.78, 5) is 11.6. The van der Waals surface area contributed by atoms with E-state index in [1.54, 1.807) is 6.92 Å². The molecule has 0 aliphatic heterocycles. The number of aliphatic hydroxyl groups excluding tert-OH is 1. The van der Waals surface area contributed by atoms with Gasteiger partial charge in [0.05, 0.1) is 19.3 Å². The van der Waals surface area contributed by atoms with Crippen molar-refractivity contribution in [2.75, 3.05) is 19.0 Å². The Morgan fingerprint density at radius 2 is 2.20 bits per heavy atom. The van der Waals surface area contributed by atoms with Crippen LogP contribution in [0.15, 0.2) is 0 Å². The second-order valence-corrected chi connectivity index (χ2v) is 4.35. The normalized spacial score (nSPS) is 14.7. The predicted molar refractivity (Wildman–Crippen MR) is 67.7 cm³/mol. The molecule has 3 nitrogen and oxygen atoms in total. The predicted octanol–water partition coefficient (Wildman–Crippen LogP) is 1.28. The van der Waals surface area contributed by atoms with Crippen molar-refractivity contribution in [2.45, 2.75) is 26.4 Å². The van der Waals surface area contributed by atoms with Gasteiger partial charge in [0, 0.05) is 23.0 Å². The Morgan fingerprint density at radius 1 is 1.60 bits per heavy atom. The zero-order chi connectivity index (χ0) is 11.8. The van der Waals surface area contributed by atoms with Crippen molar-refractivity contribution in [2.24, 2.45) is 5.92 Å². The number of ether oxygens (including phenoxy) is 1. The first-order valence-electron chi connectivity index (χ1n) is 4.88. The molecule has 0 saturated carbocycles. The molecular formula is C10H18O3S2. The molecule has 0 aliphatic carbocycles. The largest absolute Gasteiger partial charge is 0.388 e. The van der Waals surface area contributed by atoms with E-state index in [-0.39, 0.29) is 11.7 Å². The topological polar surface area (TPSA) is 46.5 Å². The molecule has 0 aliphatic rings. The number of rotatable bonds is 8. The van der Waals surface area contributed by atoms with E-state index >= 15 is 0 Å². The Balaban J connectivity index is 3.61. The quantitative estimate of drug-likeness (QED) is 0.387. The molecular weight excluding hydrogens is 232 g/mol. The maximum atomic E-state index is 11.0. The Kier molecular flexibility index (Phi) is 8.23. The molecule has 5 heteroatoms. The van der Waals surface area contributed by atoms with Gasteiger partial charge in [0.2, 0.25) is 0 Å². The minimum Gasteiger partial charge on any atom is -0.388 e. The highest BCUT2D eigenvalue weighted by molar-refractivity contribution is 7.80. The van der Waals surface area contributed by atoms with Crippen molar-refractivity contribution in [1.29, 1.82) is 0 Å². The number of Topliss-reactive ketones (excluding diaryl/α,β-unsaturated/α-hetero) is 1. The maximum Gasteiger partial charge on any atom is 0.136 e. The molecule has 0 fully saturated rings.